The number of hydrogen-bond donors (Lipinski definition) is 1. The number of nitrogens with zero attached hydrogens (tertiary/aromatic N) is 5. The van der Waals surface area contributed by atoms with Crippen molar-refractivity contribution in [1.29, 1.82) is 0 Å². The SMILES string of the molecule is CCOCc1ccccc1CNC(=NC)N1CCN(c2nc(CC)ns2)CC1.I. The molecule has 2 aromatic rings. The molecule has 0 radical (unpaired) electrons. The van der Waals surface area contributed by atoms with Crippen LogP contribution in [0.1, 0.15) is 30.8 Å². The molecule has 1 N–H and O–H groups in total. The highest BCUT2D eigenvalue weighted by Gasteiger charge is 2.22. The fraction of sp³-hybridized carbons (Fsp3) is 0.550. The second-order valence-electron chi connectivity index (χ2n) is 6.63. The van der Waals surface area contributed by atoms with Crippen LogP contribution >= 0.6 is 35.5 Å². The number of hydrogen-bond acceptors (Lipinski definition) is 6. The number of halogens is 1. The minimum atomic E-state index is 0. The van der Waals surface area contributed by atoms with Gasteiger partial charge >= 0.3 is 0 Å². The summed E-state index contributed by atoms with van der Waals surface area (Å²) in [5.41, 5.74) is 2.47. The molecule has 1 saturated heterocycles. The van der Waals surface area contributed by atoms with Gasteiger partial charge in [0, 0.05) is 64.3 Å². The van der Waals surface area contributed by atoms with Crippen molar-refractivity contribution in [2.75, 3.05) is 44.7 Å². The van der Waals surface area contributed by atoms with Gasteiger partial charge in [0.15, 0.2) is 5.96 Å². The number of aromatic nitrogens is 2. The van der Waals surface area contributed by atoms with E-state index in [9.17, 15) is 0 Å². The molecule has 0 saturated carbocycles. The first-order valence-electron chi connectivity index (χ1n) is 9.92. The number of ether oxygens (including phenoxy) is 1. The van der Waals surface area contributed by atoms with Crippen LogP contribution in [0.3, 0.4) is 0 Å². The quantitative estimate of drug-likeness (QED) is 0.337. The summed E-state index contributed by atoms with van der Waals surface area (Å²) in [6.07, 6.45) is 0.887. The summed E-state index contributed by atoms with van der Waals surface area (Å²) in [6.45, 7) is 9.92. The van der Waals surface area contributed by atoms with Crippen LogP contribution in [-0.2, 0) is 24.3 Å². The second-order valence-corrected chi connectivity index (χ2v) is 7.36. The first-order chi connectivity index (χ1) is 13.7. The maximum atomic E-state index is 5.59. The minimum Gasteiger partial charge on any atom is -0.377 e. The number of guanidine groups is 1. The molecular formula is C20H31IN6OS. The smallest absolute Gasteiger partial charge is 0.205 e. The van der Waals surface area contributed by atoms with E-state index in [2.05, 4.69) is 60.7 Å². The molecule has 29 heavy (non-hydrogen) atoms. The fourth-order valence-corrected chi connectivity index (χ4v) is 4.02. The van der Waals surface area contributed by atoms with E-state index in [1.165, 1.54) is 22.7 Å². The van der Waals surface area contributed by atoms with Gasteiger partial charge in [0.25, 0.3) is 0 Å². The number of rotatable bonds is 7. The van der Waals surface area contributed by atoms with Crippen LogP contribution in [0.15, 0.2) is 29.3 Å². The molecule has 7 nitrogen and oxygen atoms in total. The van der Waals surface area contributed by atoms with E-state index < -0.39 is 0 Å². The topological polar surface area (TPSA) is 65.9 Å². The highest BCUT2D eigenvalue weighted by atomic mass is 127. The number of aryl methyl sites for hydroxylation is 1. The Kier molecular flexibility index (Phi) is 10.1. The lowest BCUT2D eigenvalue weighted by Crippen LogP contribution is -2.52. The third-order valence-electron chi connectivity index (χ3n) is 4.85. The zero-order valence-corrected chi connectivity index (χ0v) is 20.6. The van der Waals surface area contributed by atoms with E-state index >= 15 is 0 Å². The van der Waals surface area contributed by atoms with Crippen LogP contribution in [0.5, 0.6) is 0 Å². The Morgan fingerprint density at radius 2 is 1.90 bits per heavy atom. The van der Waals surface area contributed by atoms with Crippen molar-refractivity contribution in [2.45, 2.75) is 33.4 Å². The van der Waals surface area contributed by atoms with E-state index in [1.807, 2.05) is 14.0 Å². The van der Waals surface area contributed by atoms with Crippen molar-refractivity contribution in [1.82, 2.24) is 19.6 Å². The fourth-order valence-electron chi connectivity index (χ4n) is 3.22. The summed E-state index contributed by atoms with van der Waals surface area (Å²) in [5, 5.41) is 4.55. The first-order valence-corrected chi connectivity index (χ1v) is 10.7. The van der Waals surface area contributed by atoms with Gasteiger partial charge in [-0.15, -0.1) is 24.0 Å². The molecule has 1 aliphatic heterocycles. The van der Waals surface area contributed by atoms with Crippen LogP contribution in [0.2, 0.25) is 0 Å². The Morgan fingerprint density at radius 3 is 2.52 bits per heavy atom. The normalized spacial score (nSPS) is 14.7. The molecule has 0 unspecified atom stereocenters. The Balaban J connectivity index is 0.00000300. The number of benzene rings is 1. The van der Waals surface area contributed by atoms with E-state index in [1.54, 1.807) is 0 Å². The molecule has 2 heterocycles. The lowest BCUT2D eigenvalue weighted by atomic mass is 10.1. The first kappa shape index (κ1) is 23.8. The molecule has 0 amide bonds. The molecule has 0 spiro atoms. The Hall–Kier alpha value is -1.46. The van der Waals surface area contributed by atoms with Crippen molar-refractivity contribution in [3.05, 3.63) is 41.2 Å². The monoisotopic (exact) mass is 530 g/mol. The van der Waals surface area contributed by atoms with E-state index in [0.29, 0.717) is 6.61 Å². The van der Waals surface area contributed by atoms with Gasteiger partial charge in [-0.05, 0) is 18.1 Å². The molecule has 3 rings (SSSR count). The zero-order chi connectivity index (χ0) is 19.8. The van der Waals surface area contributed by atoms with Crippen LogP contribution < -0.4 is 10.2 Å². The molecule has 0 bridgehead atoms. The van der Waals surface area contributed by atoms with Crippen molar-refractivity contribution in [3.63, 3.8) is 0 Å². The Labute approximate surface area is 194 Å². The molecule has 9 heteroatoms. The predicted octanol–water partition coefficient (Wildman–Crippen LogP) is 3.15. The number of nitrogens with one attached hydrogen (secondary N) is 1. The lowest BCUT2D eigenvalue weighted by molar-refractivity contribution is 0.133. The highest BCUT2D eigenvalue weighted by molar-refractivity contribution is 14.0. The summed E-state index contributed by atoms with van der Waals surface area (Å²) >= 11 is 1.50. The van der Waals surface area contributed by atoms with E-state index in [0.717, 1.165) is 62.7 Å². The van der Waals surface area contributed by atoms with Crippen molar-refractivity contribution in [2.24, 2.45) is 4.99 Å². The van der Waals surface area contributed by atoms with E-state index in [-0.39, 0.29) is 24.0 Å². The highest BCUT2D eigenvalue weighted by Crippen LogP contribution is 2.19. The van der Waals surface area contributed by atoms with Gasteiger partial charge < -0.3 is 19.9 Å². The van der Waals surface area contributed by atoms with Crippen LogP contribution in [0.25, 0.3) is 0 Å². The summed E-state index contributed by atoms with van der Waals surface area (Å²) in [5.74, 6) is 1.88. The van der Waals surface area contributed by atoms with Gasteiger partial charge in [0.2, 0.25) is 5.13 Å². The van der Waals surface area contributed by atoms with E-state index in [4.69, 9.17) is 4.74 Å². The summed E-state index contributed by atoms with van der Waals surface area (Å²) < 4.78 is 9.99. The third-order valence-corrected chi connectivity index (χ3v) is 5.67. The zero-order valence-electron chi connectivity index (χ0n) is 17.4. The average Bonchev–Trinajstić information content (AvgIpc) is 3.23. The van der Waals surface area contributed by atoms with Gasteiger partial charge in [0.1, 0.15) is 5.82 Å². The molecule has 1 aromatic heterocycles. The molecule has 0 atom stereocenters. The summed E-state index contributed by atoms with van der Waals surface area (Å²) in [7, 11) is 1.85. The molecule has 160 valence electrons. The van der Waals surface area contributed by atoms with Gasteiger partial charge in [0.05, 0.1) is 6.61 Å². The Morgan fingerprint density at radius 1 is 1.17 bits per heavy atom. The predicted molar refractivity (Wildman–Crippen MR) is 130 cm³/mol. The number of piperazine rings is 1. The van der Waals surface area contributed by atoms with Gasteiger partial charge in [-0.3, -0.25) is 4.99 Å². The molecule has 1 aromatic carbocycles. The molecular weight excluding hydrogens is 499 g/mol. The van der Waals surface area contributed by atoms with Crippen molar-refractivity contribution < 1.29 is 4.74 Å². The van der Waals surface area contributed by atoms with Crippen LogP contribution in [0, 0.1) is 0 Å². The molecule has 1 fully saturated rings. The number of anilines is 1. The molecule has 1 aliphatic rings. The van der Waals surface area contributed by atoms with Crippen LogP contribution in [-0.4, -0.2) is 60.1 Å². The average molecular weight is 530 g/mol. The summed E-state index contributed by atoms with van der Waals surface area (Å²) in [6, 6.07) is 8.40. The van der Waals surface area contributed by atoms with Gasteiger partial charge in [-0.25, -0.2) is 4.98 Å². The standard InChI is InChI=1S/C20H30N6OS.HI/c1-4-18-23-20(28-24-18)26-12-10-25(11-13-26)19(21-3)22-14-16-8-6-7-9-17(16)15-27-5-2;/h6-9H,4-5,10-15H2,1-3H3,(H,21,22);1H. The minimum absolute atomic E-state index is 0. The summed E-state index contributed by atoms with van der Waals surface area (Å²) in [4.78, 5) is 13.7. The van der Waals surface area contributed by atoms with Crippen LogP contribution in [0.4, 0.5) is 5.13 Å². The second kappa shape index (κ2) is 12.3. The maximum Gasteiger partial charge on any atom is 0.205 e. The van der Waals surface area contributed by atoms with Gasteiger partial charge in [-0.2, -0.15) is 4.37 Å². The maximum absolute atomic E-state index is 5.59. The third kappa shape index (κ3) is 6.51. The lowest BCUT2D eigenvalue weighted by Gasteiger charge is -2.36. The molecule has 0 aliphatic carbocycles. The van der Waals surface area contributed by atoms with Crippen molar-refractivity contribution >= 4 is 46.6 Å². The van der Waals surface area contributed by atoms with Crippen molar-refractivity contribution in [3.8, 4) is 0 Å². The Bertz CT molecular complexity index is 776. The number of aliphatic imine (C=N–C) groups is 1. The largest absolute Gasteiger partial charge is 0.377 e. The van der Waals surface area contributed by atoms with Gasteiger partial charge in [-0.1, -0.05) is 31.2 Å².